The second kappa shape index (κ2) is 12.7. The van der Waals surface area contributed by atoms with Crippen molar-refractivity contribution in [3.8, 4) is 5.75 Å². The summed E-state index contributed by atoms with van der Waals surface area (Å²) in [6.07, 6.45) is 7.04. The van der Waals surface area contributed by atoms with Gasteiger partial charge < -0.3 is 15.7 Å². The molecule has 0 atom stereocenters. The van der Waals surface area contributed by atoms with Crippen LogP contribution in [-0.4, -0.2) is 31.3 Å². The van der Waals surface area contributed by atoms with Crippen molar-refractivity contribution in [1.29, 1.82) is 0 Å². The molecule has 26 heavy (non-hydrogen) atoms. The van der Waals surface area contributed by atoms with Gasteiger partial charge >= 0.3 is 0 Å². The average Bonchev–Trinajstić information content (AvgIpc) is 2.64. The third kappa shape index (κ3) is 9.23. The Balaban J connectivity index is 1.35. The van der Waals surface area contributed by atoms with Gasteiger partial charge in [-0.15, -0.1) is 0 Å². The molecule has 0 unspecified atom stereocenters. The second-order valence-corrected chi connectivity index (χ2v) is 7.15. The first-order valence-electron chi connectivity index (χ1n) is 9.68. The Kier molecular flexibility index (Phi) is 10.2. The molecule has 0 bridgehead atoms. The van der Waals surface area contributed by atoms with Crippen LogP contribution in [-0.2, 0) is 12.8 Å². The smallest absolute Gasteiger partial charge is 0.115 e. The lowest BCUT2D eigenvalue weighted by Crippen LogP contribution is -2.19. The molecule has 3 N–H and O–H groups in total. The summed E-state index contributed by atoms with van der Waals surface area (Å²) in [7, 11) is 0. The summed E-state index contributed by atoms with van der Waals surface area (Å²) < 4.78 is 0. The second-order valence-electron chi connectivity index (χ2n) is 6.71. The van der Waals surface area contributed by atoms with Gasteiger partial charge in [0.25, 0.3) is 0 Å². The zero-order valence-corrected chi connectivity index (χ0v) is 16.3. The molecule has 3 nitrogen and oxygen atoms in total. The highest BCUT2D eigenvalue weighted by molar-refractivity contribution is 6.30. The highest BCUT2D eigenvalue weighted by Gasteiger charge is 1.96. The quantitative estimate of drug-likeness (QED) is 0.450. The van der Waals surface area contributed by atoms with E-state index in [0.29, 0.717) is 5.75 Å². The zero-order valence-electron chi connectivity index (χ0n) is 15.5. The van der Waals surface area contributed by atoms with Gasteiger partial charge in [-0.2, -0.15) is 0 Å². The molecule has 0 spiro atoms. The fourth-order valence-electron chi connectivity index (χ4n) is 2.93. The van der Waals surface area contributed by atoms with E-state index in [2.05, 4.69) is 28.8 Å². The van der Waals surface area contributed by atoms with E-state index in [1.165, 1.54) is 36.8 Å². The maximum Gasteiger partial charge on any atom is 0.115 e. The minimum atomic E-state index is 0.351. The van der Waals surface area contributed by atoms with E-state index in [1.54, 1.807) is 6.07 Å². The maximum absolute atomic E-state index is 9.43. The van der Waals surface area contributed by atoms with E-state index >= 15 is 0 Å². The summed E-state index contributed by atoms with van der Waals surface area (Å²) in [4.78, 5) is 0. The third-order valence-corrected chi connectivity index (χ3v) is 4.71. The first-order valence-corrected chi connectivity index (χ1v) is 10.1. The number of halogens is 1. The first kappa shape index (κ1) is 20.8. The van der Waals surface area contributed by atoms with Crippen LogP contribution in [0.2, 0.25) is 5.02 Å². The number of hydrogen-bond acceptors (Lipinski definition) is 3. The van der Waals surface area contributed by atoms with Crippen LogP contribution < -0.4 is 10.6 Å². The van der Waals surface area contributed by atoms with Crippen molar-refractivity contribution in [1.82, 2.24) is 10.6 Å². The number of nitrogens with one attached hydrogen (secondary N) is 2. The lowest BCUT2D eigenvalue weighted by atomic mass is 10.1. The van der Waals surface area contributed by atoms with Gasteiger partial charge in [0.15, 0.2) is 0 Å². The van der Waals surface area contributed by atoms with Crippen LogP contribution in [0.5, 0.6) is 5.75 Å². The number of rotatable bonds is 13. The molecule has 0 saturated heterocycles. The highest BCUT2D eigenvalue weighted by Crippen LogP contribution is 2.11. The summed E-state index contributed by atoms with van der Waals surface area (Å²) in [6.45, 7) is 4.16. The normalized spacial score (nSPS) is 11.0. The van der Waals surface area contributed by atoms with Crippen LogP contribution in [0, 0.1) is 0 Å². The third-order valence-electron chi connectivity index (χ3n) is 4.46. The Morgan fingerprint density at radius 1 is 0.692 bits per heavy atom. The zero-order chi connectivity index (χ0) is 18.5. The summed E-state index contributed by atoms with van der Waals surface area (Å²) in [5, 5.41) is 17.2. The fourth-order valence-corrected chi connectivity index (χ4v) is 3.06. The lowest BCUT2D eigenvalue weighted by Gasteiger charge is -2.07. The summed E-state index contributed by atoms with van der Waals surface area (Å²) in [5.41, 5.74) is 2.51. The number of hydrogen-bond donors (Lipinski definition) is 3. The molecule has 142 valence electrons. The lowest BCUT2D eigenvalue weighted by molar-refractivity contribution is 0.474. The highest BCUT2D eigenvalue weighted by atomic mass is 35.5. The predicted octanol–water partition coefficient (Wildman–Crippen LogP) is 4.57. The molecule has 0 aromatic heterocycles. The Bertz CT molecular complexity index is 616. The Labute approximate surface area is 162 Å². The summed E-state index contributed by atoms with van der Waals surface area (Å²) in [6, 6.07) is 15.6. The summed E-state index contributed by atoms with van der Waals surface area (Å²) >= 11 is 5.89. The van der Waals surface area contributed by atoms with Gasteiger partial charge in [-0.1, -0.05) is 48.7 Å². The van der Waals surface area contributed by atoms with Gasteiger partial charge in [0, 0.05) is 5.02 Å². The Morgan fingerprint density at radius 3 is 1.92 bits per heavy atom. The van der Waals surface area contributed by atoms with Crippen molar-refractivity contribution < 1.29 is 5.11 Å². The average molecular weight is 375 g/mol. The van der Waals surface area contributed by atoms with Crippen LogP contribution >= 0.6 is 11.6 Å². The molecule has 0 radical (unpaired) electrons. The van der Waals surface area contributed by atoms with E-state index in [1.807, 2.05) is 24.3 Å². The van der Waals surface area contributed by atoms with Crippen LogP contribution in [0.15, 0.2) is 48.5 Å². The van der Waals surface area contributed by atoms with Crippen LogP contribution in [0.25, 0.3) is 0 Å². The molecule has 0 aliphatic heterocycles. The van der Waals surface area contributed by atoms with Crippen LogP contribution in [0.4, 0.5) is 0 Å². The molecule has 0 saturated carbocycles. The fraction of sp³-hybridized carbons (Fsp3) is 0.455. The molecule has 0 aliphatic carbocycles. The van der Waals surface area contributed by atoms with Gasteiger partial charge in [-0.05, 0) is 87.3 Å². The van der Waals surface area contributed by atoms with Gasteiger partial charge in [-0.25, -0.2) is 0 Å². The molecular formula is C22H31ClN2O. The Hall–Kier alpha value is -1.55. The van der Waals surface area contributed by atoms with Gasteiger partial charge in [0.05, 0.1) is 0 Å². The van der Waals surface area contributed by atoms with Crippen molar-refractivity contribution in [2.24, 2.45) is 0 Å². The number of benzene rings is 2. The minimum Gasteiger partial charge on any atom is -0.508 e. The Morgan fingerprint density at radius 2 is 1.31 bits per heavy atom. The van der Waals surface area contributed by atoms with E-state index in [-0.39, 0.29) is 0 Å². The van der Waals surface area contributed by atoms with E-state index in [0.717, 1.165) is 44.0 Å². The maximum atomic E-state index is 9.43. The standard InChI is InChI=1S/C22H31ClN2O/c23-21-10-8-19(9-11-21)12-16-24-14-3-1-2-4-15-25-17-13-20-6-5-7-22(26)18-20/h5-11,18,24-26H,1-4,12-17H2. The molecule has 0 aliphatic rings. The first-order chi connectivity index (χ1) is 12.7. The molecule has 2 aromatic carbocycles. The van der Waals surface area contributed by atoms with E-state index in [4.69, 9.17) is 11.6 Å². The number of phenols is 1. The molecule has 2 rings (SSSR count). The molecule has 2 aromatic rings. The molecule has 0 heterocycles. The van der Waals surface area contributed by atoms with Gasteiger partial charge in [-0.3, -0.25) is 0 Å². The SMILES string of the molecule is Oc1cccc(CCNCCCCCCNCCc2ccc(Cl)cc2)c1. The van der Waals surface area contributed by atoms with Crippen molar-refractivity contribution >= 4 is 11.6 Å². The largest absolute Gasteiger partial charge is 0.508 e. The summed E-state index contributed by atoms with van der Waals surface area (Å²) in [5.74, 6) is 0.351. The minimum absolute atomic E-state index is 0.351. The van der Waals surface area contributed by atoms with Crippen molar-refractivity contribution in [3.05, 3.63) is 64.7 Å². The van der Waals surface area contributed by atoms with E-state index in [9.17, 15) is 5.11 Å². The molecule has 4 heteroatoms. The van der Waals surface area contributed by atoms with E-state index < -0.39 is 0 Å². The number of aromatic hydroxyl groups is 1. The van der Waals surface area contributed by atoms with Crippen LogP contribution in [0.3, 0.4) is 0 Å². The van der Waals surface area contributed by atoms with Gasteiger partial charge in [0.2, 0.25) is 0 Å². The van der Waals surface area contributed by atoms with Crippen molar-refractivity contribution in [2.45, 2.75) is 38.5 Å². The number of unbranched alkanes of at least 4 members (excludes halogenated alkanes) is 3. The predicted molar refractivity (Wildman–Crippen MR) is 111 cm³/mol. The molecule has 0 amide bonds. The van der Waals surface area contributed by atoms with Crippen molar-refractivity contribution in [2.75, 3.05) is 26.2 Å². The topological polar surface area (TPSA) is 44.3 Å². The van der Waals surface area contributed by atoms with Crippen LogP contribution in [0.1, 0.15) is 36.8 Å². The number of phenolic OH excluding ortho intramolecular Hbond substituents is 1. The van der Waals surface area contributed by atoms with Gasteiger partial charge in [0.1, 0.15) is 5.75 Å². The monoisotopic (exact) mass is 374 g/mol. The molecule has 0 fully saturated rings. The molecular weight excluding hydrogens is 344 g/mol. The van der Waals surface area contributed by atoms with Crippen molar-refractivity contribution in [3.63, 3.8) is 0 Å².